The number of hydrogen-bond acceptors (Lipinski definition) is 6. The second-order valence-electron chi connectivity index (χ2n) is 6.93. The minimum Gasteiger partial charge on any atom is -0.486 e. The van der Waals surface area contributed by atoms with E-state index in [-0.39, 0.29) is 11.0 Å². The van der Waals surface area contributed by atoms with Gasteiger partial charge in [0.2, 0.25) is 10.0 Å². The smallest absolute Gasteiger partial charge is 0.241 e. The third-order valence-electron chi connectivity index (χ3n) is 5.08. The van der Waals surface area contributed by atoms with Gasteiger partial charge in [-0.15, -0.1) is 0 Å². The van der Waals surface area contributed by atoms with Crippen LogP contribution in [0.3, 0.4) is 0 Å². The highest BCUT2D eigenvalue weighted by molar-refractivity contribution is 7.89. The number of nitrogens with one attached hydrogen (secondary N) is 1. The van der Waals surface area contributed by atoms with Crippen molar-refractivity contribution >= 4 is 10.0 Å². The van der Waals surface area contributed by atoms with Gasteiger partial charge in [-0.2, -0.15) is 0 Å². The first-order valence-electron chi connectivity index (χ1n) is 8.88. The molecule has 8 heteroatoms. The van der Waals surface area contributed by atoms with Crippen molar-refractivity contribution in [1.29, 1.82) is 0 Å². The highest BCUT2D eigenvalue weighted by Gasteiger charge is 2.55. The van der Waals surface area contributed by atoms with E-state index in [1.165, 1.54) is 12.1 Å². The van der Waals surface area contributed by atoms with Crippen molar-refractivity contribution in [3.8, 4) is 23.0 Å². The Morgan fingerprint density at radius 1 is 0.889 bits per heavy atom. The molecule has 0 bridgehead atoms. The molecule has 27 heavy (non-hydrogen) atoms. The van der Waals surface area contributed by atoms with E-state index in [0.29, 0.717) is 55.7 Å². The standard InChI is InChI=1S/C19H19NO6S/c21-27(22,13-5-6-15-17(11-13)24-10-9-23-15)20-19(7-8-19)18-12-25-14-3-1-2-4-16(14)26-18/h1-6,11,18,20H,7-10,12H2. The van der Waals surface area contributed by atoms with Gasteiger partial charge in [0, 0.05) is 6.07 Å². The number of sulfonamides is 1. The Labute approximate surface area is 157 Å². The molecular formula is C19H19NO6S. The second-order valence-corrected chi connectivity index (χ2v) is 8.61. The average molecular weight is 389 g/mol. The molecule has 0 radical (unpaired) electrons. The Morgan fingerprint density at radius 2 is 1.59 bits per heavy atom. The van der Waals surface area contributed by atoms with Crippen LogP contribution in [0.1, 0.15) is 12.8 Å². The Morgan fingerprint density at radius 3 is 2.37 bits per heavy atom. The summed E-state index contributed by atoms with van der Waals surface area (Å²) in [5.41, 5.74) is -0.653. The largest absolute Gasteiger partial charge is 0.486 e. The molecular weight excluding hydrogens is 370 g/mol. The lowest BCUT2D eigenvalue weighted by atomic mass is 10.1. The summed E-state index contributed by atoms with van der Waals surface area (Å²) in [5.74, 6) is 2.32. The minimum atomic E-state index is -3.74. The van der Waals surface area contributed by atoms with Crippen LogP contribution >= 0.6 is 0 Å². The van der Waals surface area contributed by atoms with Crippen LogP contribution in [-0.2, 0) is 10.0 Å². The summed E-state index contributed by atoms with van der Waals surface area (Å²) >= 11 is 0. The Hall–Kier alpha value is -2.45. The van der Waals surface area contributed by atoms with Crippen molar-refractivity contribution < 1.29 is 27.4 Å². The van der Waals surface area contributed by atoms with Gasteiger partial charge < -0.3 is 18.9 Å². The van der Waals surface area contributed by atoms with E-state index < -0.39 is 15.6 Å². The van der Waals surface area contributed by atoms with E-state index in [9.17, 15) is 8.42 Å². The van der Waals surface area contributed by atoms with Crippen molar-refractivity contribution in [2.75, 3.05) is 19.8 Å². The lowest BCUT2D eigenvalue weighted by molar-refractivity contribution is 0.0605. The van der Waals surface area contributed by atoms with E-state index >= 15 is 0 Å². The zero-order valence-corrected chi connectivity index (χ0v) is 15.3. The number of hydrogen-bond donors (Lipinski definition) is 1. The van der Waals surface area contributed by atoms with Gasteiger partial charge in [0.25, 0.3) is 0 Å². The highest BCUT2D eigenvalue weighted by Crippen LogP contribution is 2.45. The topological polar surface area (TPSA) is 83.1 Å². The van der Waals surface area contributed by atoms with Crippen LogP contribution in [0.5, 0.6) is 23.0 Å². The third kappa shape index (κ3) is 2.98. The Balaban J connectivity index is 1.38. The quantitative estimate of drug-likeness (QED) is 0.862. The summed E-state index contributed by atoms with van der Waals surface area (Å²) in [4.78, 5) is 0.148. The van der Waals surface area contributed by atoms with Crippen LogP contribution in [-0.4, -0.2) is 39.9 Å². The molecule has 1 saturated carbocycles. The minimum absolute atomic E-state index is 0.148. The predicted octanol–water partition coefficient (Wildman–Crippen LogP) is 2.11. The van der Waals surface area contributed by atoms with Crippen LogP contribution in [0.2, 0.25) is 0 Å². The van der Waals surface area contributed by atoms with Crippen molar-refractivity contribution in [1.82, 2.24) is 4.72 Å². The fourth-order valence-corrected chi connectivity index (χ4v) is 4.93. The fourth-order valence-electron chi connectivity index (χ4n) is 3.43. The molecule has 0 aromatic heterocycles. The average Bonchev–Trinajstić information content (AvgIpc) is 3.47. The van der Waals surface area contributed by atoms with Crippen molar-refractivity contribution in [3.05, 3.63) is 42.5 Å². The zero-order chi connectivity index (χ0) is 18.5. The van der Waals surface area contributed by atoms with E-state index in [1.807, 2.05) is 24.3 Å². The van der Waals surface area contributed by atoms with Gasteiger partial charge in [0.15, 0.2) is 29.1 Å². The van der Waals surface area contributed by atoms with E-state index in [1.54, 1.807) is 6.07 Å². The number of ether oxygens (including phenoxy) is 4. The van der Waals surface area contributed by atoms with Gasteiger partial charge >= 0.3 is 0 Å². The molecule has 5 rings (SSSR count). The number of para-hydroxylation sites is 2. The van der Waals surface area contributed by atoms with Gasteiger partial charge in [-0.25, -0.2) is 13.1 Å². The van der Waals surface area contributed by atoms with E-state index in [4.69, 9.17) is 18.9 Å². The number of rotatable bonds is 4. The maximum atomic E-state index is 13.0. The second kappa shape index (κ2) is 6.03. The molecule has 1 fully saturated rings. The summed E-state index contributed by atoms with van der Waals surface area (Å²) in [5, 5.41) is 0. The maximum Gasteiger partial charge on any atom is 0.241 e. The zero-order valence-electron chi connectivity index (χ0n) is 14.5. The Bertz CT molecular complexity index is 985. The first-order chi connectivity index (χ1) is 13.1. The number of benzene rings is 2. The highest BCUT2D eigenvalue weighted by atomic mass is 32.2. The van der Waals surface area contributed by atoms with E-state index in [2.05, 4.69) is 4.72 Å². The molecule has 2 heterocycles. The van der Waals surface area contributed by atoms with Gasteiger partial charge in [-0.3, -0.25) is 0 Å². The molecule has 0 saturated heterocycles. The lowest BCUT2D eigenvalue weighted by Crippen LogP contribution is -2.52. The van der Waals surface area contributed by atoms with Crippen LogP contribution in [0, 0.1) is 0 Å². The summed E-state index contributed by atoms with van der Waals surface area (Å²) in [6.45, 7) is 1.17. The molecule has 1 aliphatic carbocycles. The Kier molecular flexibility index (Phi) is 3.73. The summed E-state index contributed by atoms with van der Waals surface area (Å²) < 4.78 is 51.5. The molecule has 0 amide bonds. The molecule has 0 spiro atoms. The van der Waals surface area contributed by atoms with Gasteiger partial charge in [-0.1, -0.05) is 12.1 Å². The molecule has 7 nitrogen and oxygen atoms in total. The van der Waals surface area contributed by atoms with Crippen molar-refractivity contribution in [2.24, 2.45) is 0 Å². The van der Waals surface area contributed by atoms with Crippen LogP contribution < -0.4 is 23.7 Å². The molecule has 2 aromatic carbocycles. The molecule has 2 aliphatic heterocycles. The van der Waals surface area contributed by atoms with Crippen molar-refractivity contribution in [2.45, 2.75) is 29.4 Å². The van der Waals surface area contributed by atoms with Gasteiger partial charge in [0.05, 0.1) is 10.4 Å². The summed E-state index contributed by atoms with van der Waals surface area (Å²) in [6.07, 6.45) is 1.03. The molecule has 1 atom stereocenters. The predicted molar refractivity (Wildman–Crippen MR) is 96.1 cm³/mol. The van der Waals surface area contributed by atoms with Gasteiger partial charge in [0.1, 0.15) is 19.8 Å². The molecule has 3 aliphatic rings. The lowest BCUT2D eigenvalue weighted by Gasteiger charge is -2.32. The molecule has 1 unspecified atom stereocenters. The van der Waals surface area contributed by atoms with E-state index in [0.717, 1.165) is 0 Å². The first-order valence-corrected chi connectivity index (χ1v) is 10.4. The summed E-state index contributed by atoms with van der Waals surface area (Å²) in [7, 11) is -3.74. The van der Waals surface area contributed by atoms with Crippen LogP contribution in [0.4, 0.5) is 0 Å². The summed E-state index contributed by atoms with van der Waals surface area (Å²) in [6, 6.07) is 12.1. The van der Waals surface area contributed by atoms with Crippen molar-refractivity contribution in [3.63, 3.8) is 0 Å². The van der Waals surface area contributed by atoms with Crippen LogP contribution in [0.15, 0.2) is 47.4 Å². The number of fused-ring (bicyclic) bond motifs is 2. The monoisotopic (exact) mass is 389 g/mol. The normalized spacial score (nSPS) is 22.1. The molecule has 1 N–H and O–H groups in total. The SMILES string of the molecule is O=S(=O)(NC1(C2COc3ccccc3O2)CC1)c1ccc2c(c1)OCCO2. The maximum absolute atomic E-state index is 13.0. The first kappa shape index (κ1) is 16.7. The molecule has 2 aromatic rings. The third-order valence-corrected chi connectivity index (χ3v) is 6.62. The van der Waals surface area contributed by atoms with Crippen LogP contribution in [0.25, 0.3) is 0 Å². The fraction of sp³-hybridized carbons (Fsp3) is 0.368. The molecule has 142 valence electrons. The van der Waals surface area contributed by atoms with Gasteiger partial charge in [-0.05, 0) is 37.1 Å².